The molecule has 1 heterocycles. The maximum atomic E-state index is 4.06. The third kappa shape index (κ3) is 3.81. The van der Waals surface area contributed by atoms with Gasteiger partial charge >= 0.3 is 59.6 Å². The van der Waals surface area contributed by atoms with Gasteiger partial charge in [0.05, 0.1) is 17.4 Å². The van der Waals surface area contributed by atoms with Crippen molar-refractivity contribution in [2.75, 3.05) is 24.6 Å². The molecule has 0 aliphatic heterocycles. The number of fused-ring (bicyclic) bond motifs is 1. The van der Waals surface area contributed by atoms with Gasteiger partial charge in [0.2, 0.25) is 0 Å². The quantitative estimate of drug-likeness (QED) is 0.817. The molecule has 1 aromatic carbocycles. The number of rotatable bonds is 4. The van der Waals surface area contributed by atoms with Crippen LogP contribution in [0.2, 0.25) is 0 Å². The molecule has 1 N–H and O–H groups in total. The van der Waals surface area contributed by atoms with Gasteiger partial charge in [0, 0.05) is 0 Å². The van der Waals surface area contributed by atoms with E-state index >= 15 is 0 Å². The normalized spacial score (nSPS) is 12.0. The Kier molecular flexibility index (Phi) is 6.35. The molecule has 0 bridgehead atoms. The van der Waals surface area contributed by atoms with Crippen LogP contribution >= 0.6 is 7.26 Å². The fourth-order valence-corrected chi connectivity index (χ4v) is 5.38. The van der Waals surface area contributed by atoms with Crippen LogP contribution in [0.15, 0.2) is 30.6 Å². The van der Waals surface area contributed by atoms with Crippen molar-refractivity contribution in [3.63, 3.8) is 0 Å². The Labute approximate surface area is 112 Å². The molecule has 0 unspecified atom stereocenters. The summed E-state index contributed by atoms with van der Waals surface area (Å²) in [4.78, 5) is 7.07. The Morgan fingerprint density at radius 1 is 0.944 bits per heavy atom. The second-order valence-electron chi connectivity index (χ2n) is 4.83. The molecular weight excluding hydrogens is 239 g/mol. The van der Waals surface area contributed by atoms with Crippen molar-refractivity contribution in [3.05, 3.63) is 30.6 Å². The Balaban J connectivity index is 0.000000180. The van der Waals surface area contributed by atoms with Crippen molar-refractivity contribution in [1.82, 2.24) is 9.97 Å². The molecule has 0 fully saturated rings. The molecule has 0 spiro atoms. The van der Waals surface area contributed by atoms with Crippen molar-refractivity contribution in [1.29, 1.82) is 0 Å². The number of imidazole rings is 1. The van der Waals surface area contributed by atoms with E-state index in [4.69, 9.17) is 0 Å². The molecule has 0 amide bonds. The first-order valence-electron chi connectivity index (χ1n) is 7.09. The molecule has 2 rings (SSSR count). The Morgan fingerprint density at radius 3 is 1.94 bits per heavy atom. The first kappa shape index (κ1) is 15.2. The summed E-state index contributed by atoms with van der Waals surface area (Å²) in [6, 6.07) is 7.94. The zero-order chi connectivity index (χ0) is 13.4. The van der Waals surface area contributed by atoms with Gasteiger partial charge in [-0.05, 0) is 12.1 Å². The van der Waals surface area contributed by atoms with E-state index in [-0.39, 0.29) is 0 Å². The molecule has 0 aliphatic carbocycles. The van der Waals surface area contributed by atoms with Gasteiger partial charge in [-0.25, -0.2) is 4.98 Å². The molecule has 3 heteroatoms. The number of benzene rings is 1. The average Bonchev–Trinajstić information content (AvgIpc) is 2.91. The Morgan fingerprint density at radius 2 is 1.50 bits per heavy atom. The van der Waals surface area contributed by atoms with E-state index in [0.29, 0.717) is 0 Å². The molecule has 18 heavy (non-hydrogen) atoms. The molecular formula is C15H27N2P. The predicted molar refractivity (Wildman–Crippen MR) is 86.6 cm³/mol. The summed E-state index contributed by atoms with van der Waals surface area (Å²) in [5.74, 6) is 0. The zero-order valence-electron chi connectivity index (χ0n) is 12.2. The second kappa shape index (κ2) is 7.53. The third-order valence-electron chi connectivity index (χ3n) is 4.33. The van der Waals surface area contributed by atoms with Crippen molar-refractivity contribution >= 4 is 18.3 Å². The van der Waals surface area contributed by atoms with Crippen LogP contribution in [-0.2, 0) is 0 Å². The molecule has 0 saturated heterocycles. The summed E-state index contributed by atoms with van der Waals surface area (Å²) in [6.45, 7) is 9.46. The van der Waals surface area contributed by atoms with E-state index in [2.05, 4.69) is 37.7 Å². The predicted octanol–water partition coefficient (Wildman–Crippen LogP) is 4.38. The van der Waals surface area contributed by atoms with Gasteiger partial charge in [-0.15, -0.1) is 0 Å². The summed E-state index contributed by atoms with van der Waals surface area (Å²) in [5, 5.41) is 0. The van der Waals surface area contributed by atoms with Crippen LogP contribution in [-0.4, -0.2) is 34.6 Å². The first-order chi connectivity index (χ1) is 8.71. The van der Waals surface area contributed by atoms with Crippen LogP contribution in [0.1, 0.15) is 27.7 Å². The van der Waals surface area contributed by atoms with Crippen molar-refractivity contribution in [2.45, 2.75) is 27.7 Å². The number of aromatic nitrogens is 2. The van der Waals surface area contributed by atoms with Crippen LogP contribution in [0.25, 0.3) is 11.0 Å². The minimum Gasteiger partial charge on any atom is -0.345 e. The topological polar surface area (TPSA) is 28.7 Å². The van der Waals surface area contributed by atoms with Gasteiger partial charge in [0.15, 0.2) is 0 Å². The maximum absolute atomic E-state index is 4.06. The SMILES string of the molecule is CC[PH](CC)(CC)CC.c1ccc2[nH]cnc2c1. The van der Waals surface area contributed by atoms with Gasteiger partial charge in [-0.2, -0.15) is 0 Å². The van der Waals surface area contributed by atoms with Gasteiger partial charge in [-0.3, -0.25) is 0 Å². The Bertz CT molecular complexity index is 399. The largest absolute Gasteiger partial charge is 0.345 e. The number of para-hydroxylation sites is 2. The molecule has 0 aliphatic rings. The molecule has 0 radical (unpaired) electrons. The number of hydrogen-bond donors (Lipinski definition) is 1. The molecule has 2 nitrogen and oxygen atoms in total. The number of nitrogens with one attached hydrogen (secondary N) is 1. The zero-order valence-corrected chi connectivity index (χ0v) is 13.2. The van der Waals surface area contributed by atoms with E-state index in [1.807, 2.05) is 24.3 Å². The van der Waals surface area contributed by atoms with Crippen LogP contribution in [0.4, 0.5) is 0 Å². The molecule has 2 aromatic rings. The minimum absolute atomic E-state index is 0.691. The van der Waals surface area contributed by atoms with Gasteiger partial charge in [-0.1, -0.05) is 12.1 Å². The fraction of sp³-hybridized carbons (Fsp3) is 0.533. The van der Waals surface area contributed by atoms with E-state index in [1.165, 1.54) is 24.6 Å². The number of nitrogens with zero attached hydrogens (tertiary/aromatic N) is 1. The van der Waals surface area contributed by atoms with E-state index in [9.17, 15) is 0 Å². The smallest absolute Gasteiger partial charge is 0.0931 e. The van der Waals surface area contributed by atoms with E-state index < -0.39 is 7.26 Å². The molecule has 1 aromatic heterocycles. The van der Waals surface area contributed by atoms with E-state index in [1.54, 1.807) is 6.33 Å². The summed E-state index contributed by atoms with van der Waals surface area (Å²) in [7, 11) is -0.691. The molecule has 102 valence electrons. The van der Waals surface area contributed by atoms with Crippen LogP contribution in [0, 0.1) is 0 Å². The standard InChI is InChI=1S/C8H21P.C7H6N2/c1-5-9(6-2,7-3)8-4;1-2-4-7-6(3-1)8-5-9-7/h9H,5-8H2,1-4H3;1-5H,(H,8,9). The molecule has 0 atom stereocenters. The number of hydrogen-bond acceptors (Lipinski definition) is 1. The third-order valence-corrected chi connectivity index (χ3v) is 10.3. The summed E-state index contributed by atoms with van der Waals surface area (Å²) < 4.78 is 0. The summed E-state index contributed by atoms with van der Waals surface area (Å²) in [6.07, 6.45) is 7.63. The monoisotopic (exact) mass is 266 g/mol. The van der Waals surface area contributed by atoms with Crippen LogP contribution in [0.5, 0.6) is 0 Å². The average molecular weight is 266 g/mol. The summed E-state index contributed by atoms with van der Waals surface area (Å²) in [5.41, 5.74) is 2.12. The van der Waals surface area contributed by atoms with Gasteiger partial charge in [0.1, 0.15) is 0 Å². The minimum atomic E-state index is -0.691. The Hall–Kier alpha value is -0.880. The van der Waals surface area contributed by atoms with Gasteiger partial charge in [0.25, 0.3) is 0 Å². The summed E-state index contributed by atoms with van der Waals surface area (Å²) >= 11 is 0. The molecule has 0 saturated carbocycles. The van der Waals surface area contributed by atoms with Crippen molar-refractivity contribution in [2.24, 2.45) is 0 Å². The van der Waals surface area contributed by atoms with Crippen LogP contribution < -0.4 is 0 Å². The first-order valence-corrected chi connectivity index (χ1v) is 9.92. The van der Waals surface area contributed by atoms with Crippen LogP contribution in [0.3, 0.4) is 0 Å². The van der Waals surface area contributed by atoms with Gasteiger partial charge < -0.3 is 4.98 Å². The van der Waals surface area contributed by atoms with E-state index in [0.717, 1.165) is 11.0 Å². The second-order valence-corrected chi connectivity index (χ2v) is 10.7. The number of H-pyrrole nitrogens is 1. The van der Waals surface area contributed by atoms with Crippen molar-refractivity contribution in [3.8, 4) is 0 Å². The fourth-order valence-electron chi connectivity index (χ4n) is 2.38. The maximum Gasteiger partial charge on any atom is 0.0931 e. The van der Waals surface area contributed by atoms with Crippen molar-refractivity contribution < 1.29 is 0 Å². The number of aromatic amines is 1.